The number of carbonyl (C=O) groups is 1. The number of nitrogens with zero attached hydrogens (tertiary/aromatic N) is 4. The van der Waals surface area contributed by atoms with E-state index in [1.807, 2.05) is 25.1 Å². The molecule has 0 aliphatic heterocycles. The number of aromatic nitrogens is 4. The van der Waals surface area contributed by atoms with Gasteiger partial charge in [0.15, 0.2) is 22.9 Å². The maximum Gasteiger partial charge on any atom is 0.233 e. The van der Waals surface area contributed by atoms with Gasteiger partial charge in [0.2, 0.25) is 5.88 Å². The average molecular weight is 409 g/mol. The fourth-order valence-electron chi connectivity index (χ4n) is 2.88. The van der Waals surface area contributed by atoms with E-state index < -0.39 is 0 Å². The highest BCUT2D eigenvalue weighted by Crippen LogP contribution is 2.34. The summed E-state index contributed by atoms with van der Waals surface area (Å²) in [6.45, 7) is 3.43. The van der Waals surface area contributed by atoms with E-state index in [2.05, 4.69) is 15.1 Å². The lowest BCUT2D eigenvalue weighted by Crippen LogP contribution is -1.99. The molecule has 0 saturated carbocycles. The van der Waals surface area contributed by atoms with Crippen molar-refractivity contribution in [2.45, 2.75) is 13.8 Å². The molecule has 0 amide bonds. The van der Waals surface area contributed by atoms with Gasteiger partial charge in [-0.05, 0) is 49.7 Å². The Bertz CT molecular complexity index is 1240. The normalized spacial score (nSPS) is 10.9. The second-order valence-electron chi connectivity index (χ2n) is 6.43. The standard InChI is InChI=1S/C21H17ClN4O3/c1-12-4-6-15(9-17(12)22)26-20-16(10-25-26)21(24-11-23-20)29-18-7-5-14(13(2)27)8-19(18)28-3/h4-11H,1-3H3. The van der Waals surface area contributed by atoms with Crippen LogP contribution in [0.2, 0.25) is 5.02 Å². The van der Waals surface area contributed by atoms with Gasteiger partial charge in [-0.15, -0.1) is 0 Å². The summed E-state index contributed by atoms with van der Waals surface area (Å²) in [4.78, 5) is 20.2. The van der Waals surface area contributed by atoms with Crippen LogP contribution in [0.3, 0.4) is 0 Å². The van der Waals surface area contributed by atoms with Crippen LogP contribution in [0.15, 0.2) is 48.9 Å². The minimum atomic E-state index is -0.0580. The van der Waals surface area contributed by atoms with E-state index in [0.29, 0.717) is 39.0 Å². The second kappa shape index (κ2) is 7.52. The predicted octanol–water partition coefficient (Wildman–Crippen LogP) is 4.78. The molecule has 2 aromatic heterocycles. The second-order valence-corrected chi connectivity index (χ2v) is 6.84. The van der Waals surface area contributed by atoms with Crippen molar-refractivity contribution in [3.8, 4) is 23.1 Å². The highest BCUT2D eigenvalue weighted by atomic mass is 35.5. The highest BCUT2D eigenvalue weighted by Gasteiger charge is 2.16. The maximum absolute atomic E-state index is 11.6. The van der Waals surface area contributed by atoms with Gasteiger partial charge in [-0.2, -0.15) is 5.10 Å². The molecule has 0 N–H and O–H groups in total. The minimum Gasteiger partial charge on any atom is -0.493 e. The van der Waals surface area contributed by atoms with Crippen LogP contribution in [0.5, 0.6) is 17.4 Å². The van der Waals surface area contributed by atoms with Crippen molar-refractivity contribution in [2.75, 3.05) is 7.11 Å². The number of ether oxygens (including phenoxy) is 2. The van der Waals surface area contributed by atoms with Crippen LogP contribution in [-0.4, -0.2) is 32.6 Å². The molecule has 0 bridgehead atoms. The first-order valence-electron chi connectivity index (χ1n) is 8.80. The van der Waals surface area contributed by atoms with Crippen molar-refractivity contribution in [1.82, 2.24) is 19.7 Å². The molecule has 2 aromatic carbocycles. The zero-order valence-electron chi connectivity index (χ0n) is 16.0. The Morgan fingerprint density at radius 3 is 2.66 bits per heavy atom. The van der Waals surface area contributed by atoms with Gasteiger partial charge >= 0.3 is 0 Å². The SMILES string of the molecule is COc1cc(C(C)=O)ccc1Oc1ncnc2c1cnn2-c1ccc(C)c(Cl)c1. The van der Waals surface area contributed by atoms with E-state index in [0.717, 1.165) is 11.3 Å². The van der Waals surface area contributed by atoms with Crippen LogP contribution in [0.1, 0.15) is 22.8 Å². The first kappa shape index (κ1) is 18.9. The van der Waals surface area contributed by atoms with Gasteiger partial charge in [0, 0.05) is 10.6 Å². The molecule has 2 heterocycles. The molecule has 0 spiro atoms. The van der Waals surface area contributed by atoms with Crippen molar-refractivity contribution < 1.29 is 14.3 Å². The predicted molar refractivity (Wildman–Crippen MR) is 109 cm³/mol. The Morgan fingerprint density at radius 2 is 1.93 bits per heavy atom. The van der Waals surface area contributed by atoms with Crippen LogP contribution in [0.4, 0.5) is 0 Å². The number of benzene rings is 2. The van der Waals surface area contributed by atoms with E-state index in [1.165, 1.54) is 20.4 Å². The summed E-state index contributed by atoms with van der Waals surface area (Å²) < 4.78 is 13.0. The Morgan fingerprint density at radius 1 is 1.10 bits per heavy atom. The molecule has 146 valence electrons. The van der Waals surface area contributed by atoms with Gasteiger partial charge in [-0.3, -0.25) is 4.79 Å². The van der Waals surface area contributed by atoms with Gasteiger partial charge < -0.3 is 9.47 Å². The summed E-state index contributed by atoms with van der Waals surface area (Å²) in [5, 5.41) is 5.69. The third kappa shape index (κ3) is 3.52. The zero-order chi connectivity index (χ0) is 20.5. The van der Waals surface area contributed by atoms with Gasteiger partial charge in [0.25, 0.3) is 0 Å². The number of aryl methyl sites for hydroxylation is 1. The van der Waals surface area contributed by atoms with E-state index >= 15 is 0 Å². The summed E-state index contributed by atoms with van der Waals surface area (Å²) in [7, 11) is 1.51. The number of methoxy groups -OCH3 is 1. The molecule has 0 atom stereocenters. The number of fused-ring (bicyclic) bond motifs is 1. The summed E-state index contributed by atoms with van der Waals surface area (Å²) in [5.41, 5.74) is 2.87. The molecular weight excluding hydrogens is 392 g/mol. The van der Waals surface area contributed by atoms with Gasteiger partial charge in [0.1, 0.15) is 11.7 Å². The molecule has 0 fully saturated rings. The molecule has 4 aromatic rings. The molecule has 0 saturated heterocycles. The van der Waals surface area contributed by atoms with Crippen LogP contribution in [0.25, 0.3) is 16.7 Å². The van der Waals surface area contributed by atoms with E-state index in [9.17, 15) is 4.79 Å². The van der Waals surface area contributed by atoms with E-state index in [1.54, 1.807) is 29.1 Å². The number of hydrogen-bond donors (Lipinski definition) is 0. The quantitative estimate of drug-likeness (QED) is 0.442. The first-order chi connectivity index (χ1) is 14.0. The number of rotatable bonds is 5. The minimum absolute atomic E-state index is 0.0580. The van der Waals surface area contributed by atoms with Gasteiger partial charge in [-0.1, -0.05) is 17.7 Å². The molecule has 0 unspecified atom stereocenters. The number of Topliss-reactive ketones (excluding diaryl/α,β-unsaturated/α-hetero) is 1. The Balaban J connectivity index is 1.76. The van der Waals surface area contributed by atoms with E-state index in [4.69, 9.17) is 21.1 Å². The van der Waals surface area contributed by atoms with Crippen molar-refractivity contribution in [1.29, 1.82) is 0 Å². The molecule has 7 nitrogen and oxygen atoms in total. The van der Waals surface area contributed by atoms with Crippen LogP contribution < -0.4 is 9.47 Å². The highest BCUT2D eigenvalue weighted by molar-refractivity contribution is 6.31. The van der Waals surface area contributed by atoms with E-state index in [-0.39, 0.29) is 5.78 Å². The van der Waals surface area contributed by atoms with Crippen molar-refractivity contribution in [3.05, 3.63) is 65.1 Å². The molecular formula is C21H17ClN4O3. The monoisotopic (exact) mass is 408 g/mol. The molecule has 0 radical (unpaired) electrons. The summed E-state index contributed by atoms with van der Waals surface area (Å²) in [6, 6.07) is 10.7. The van der Waals surface area contributed by atoms with Crippen LogP contribution in [-0.2, 0) is 0 Å². The lowest BCUT2D eigenvalue weighted by Gasteiger charge is -2.11. The van der Waals surface area contributed by atoms with Gasteiger partial charge in [0.05, 0.1) is 19.0 Å². The number of halogens is 1. The fraction of sp³-hybridized carbons (Fsp3) is 0.143. The van der Waals surface area contributed by atoms with Crippen LogP contribution >= 0.6 is 11.6 Å². The molecule has 0 aliphatic carbocycles. The number of ketones is 1. The number of hydrogen-bond acceptors (Lipinski definition) is 6. The molecule has 8 heteroatoms. The average Bonchev–Trinajstić information content (AvgIpc) is 3.15. The van der Waals surface area contributed by atoms with Gasteiger partial charge in [-0.25, -0.2) is 14.6 Å². The topological polar surface area (TPSA) is 79.1 Å². The lowest BCUT2D eigenvalue weighted by atomic mass is 10.1. The summed E-state index contributed by atoms with van der Waals surface area (Å²) >= 11 is 6.25. The zero-order valence-corrected chi connectivity index (χ0v) is 16.8. The lowest BCUT2D eigenvalue weighted by molar-refractivity contribution is 0.101. The fourth-order valence-corrected chi connectivity index (χ4v) is 3.06. The Kier molecular flexibility index (Phi) is 4.90. The molecule has 4 rings (SSSR count). The first-order valence-corrected chi connectivity index (χ1v) is 9.18. The third-order valence-electron chi connectivity index (χ3n) is 4.51. The maximum atomic E-state index is 11.6. The molecule has 29 heavy (non-hydrogen) atoms. The summed E-state index contributed by atoms with van der Waals surface area (Å²) in [6.07, 6.45) is 3.04. The third-order valence-corrected chi connectivity index (χ3v) is 4.91. The Labute approximate surface area is 171 Å². The molecule has 0 aliphatic rings. The number of carbonyl (C=O) groups excluding carboxylic acids is 1. The van der Waals surface area contributed by atoms with Crippen LogP contribution in [0, 0.1) is 6.92 Å². The van der Waals surface area contributed by atoms with Crippen molar-refractivity contribution in [3.63, 3.8) is 0 Å². The smallest absolute Gasteiger partial charge is 0.233 e. The Hall–Kier alpha value is -3.45. The van der Waals surface area contributed by atoms with Crippen molar-refractivity contribution >= 4 is 28.4 Å². The summed E-state index contributed by atoms with van der Waals surface area (Å²) in [5.74, 6) is 1.14. The largest absolute Gasteiger partial charge is 0.493 e. The van der Waals surface area contributed by atoms with Crippen molar-refractivity contribution in [2.24, 2.45) is 0 Å².